The zero-order valence-electron chi connectivity index (χ0n) is 15.4. The number of para-hydroxylation sites is 2. The summed E-state index contributed by atoms with van der Waals surface area (Å²) < 4.78 is 7.98. The minimum Gasteiger partial charge on any atom is -0.457 e. The third kappa shape index (κ3) is 4.04. The van der Waals surface area contributed by atoms with Gasteiger partial charge in [-0.1, -0.05) is 30.3 Å². The minimum atomic E-state index is -0.137. The first-order valence-corrected chi connectivity index (χ1v) is 9.31. The van der Waals surface area contributed by atoms with Crippen LogP contribution in [0.3, 0.4) is 0 Å². The number of aryl methyl sites for hydroxylation is 1. The van der Waals surface area contributed by atoms with Gasteiger partial charge in [0.1, 0.15) is 17.1 Å². The molecule has 5 heteroatoms. The van der Waals surface area contributed by atoms with Crippen molar-refractivity contribution in [1.82, 2.24) is 14.9 Å². The fourth-order valence-corrected chi connectivity index (χ4v) is 3.11. The first-order valence-electron chi connectivity index (χ1n) is 9.31. The van der Waals surface area contributed by atoms with Gasteiger partial charge in [-0.05, 0) is 48.9 Å². The lowest BCUT2D eigenvalue weighted by Gasteiger charge is -2.11. The molecule has 0 saturated heterocycles. The lowest BCUT2D eigenvalue weighted by molar-refractivity contribution is 0.0950. The summed E-state index contributed by atoms with van der Waals surface area (Å²) in [7, 11) is 0. The summed E-state index contributed by atoms with van der Waals surface area (Å²) in [6.07, 6.45) is 4.64. The number of pyridine rings is 1. The van der Waals surface area contributed by atoms with E-state index < -0.39 is 0 Å². The molecule has 4 aromatic rings. The van der Waals surface area contributed by atoms with Crippen LogP contribution in [-0.4, -0.2) is 22.0 Å². The molecule has 28 heavy (non-hydrogen) atoms. The Hall–Kier alpha value is -3.60. The first kappa shape index (κ1) is 17.8. The second-order valence-corrected chi connectivity index (χ2v) is 6.45. The number of ether oxygens (including phenoxy) is 1. The lowest BCUT2D eigenvalue weighted by Crippen LogP contribution is -2.25. The summed E-state index contributed by atoms with van der Waals surface area (Å²) in [4.78, 5) is 17.0. The maximum atomic E-state index is 12.6. The highest BCUT2D eigenvalue weighted by Crippen LogP contribution is 2.24. The van der Waals surface area contributed by atoms with Crippen molar-refractivity contribution in [1.29, 1.82) is 0 Å². The van der Waals surface area contributed by atoms with Crippen LogP contribution in [0.25, 0.3) is 11.0 Å². The van der Waals surface area contributed by atoms with Crippen LogP contribution >= 0.6 is 0 Å². The van der Waals surface area contributed by atoms with E-state index in [0.29, 0.717) is 23.6 Å². The molecular formula is C23H21N3O2. The van der Waals surface area contributed by atoms with Gasteiger partial charge in [-0.2, -0.15) is 0 Å². The number of amides is 1. The molecule has 2 heterocycles. The van der Waals surface area contributed by atoms with Gasteiger partial charge in [-0.15, -0.1) is 0 Å². The number of nitrogens with one attached hydrogen (secondary N) is 1. The highest BCUT2D eigenvalue weighted by molar-refractivity contribution is 5.97. The molecule has 0 atom stereocenters. The molecule has 4 rings (SSSR count). The SMILES string of the molecule is O=C(NCCCn1ccc2cccnc21)c1ccccc1Oc1ccccc1. The predicted molar refractivity (Wildman–Crippen MR) is 110 cm³/mol. The fraction of sp³-hybridized carbons (Fsp3) is 0.130. The lowest BCUT2D eigenvalue weighted by atomic mass is 10.2. The van der Waals surface area contributed by atoms with Crippen molar-refractivity contribution in [3.8, 4) is 11.5 Å². The van der Waals surface area contributed by atoms with E-state index in [4.69, 9.17) is 4.74 Å². The Morgan fingerprint density at radius 2 is 1.79 bits per heavy atom. The standard InChI is InChI=1S/C23H21N3O2/c27-23(20-11-4-5-12-21(20)28-19-9-2-1-3-10-19)25-15-7-16-26-17-13-18-8-6-14-24-22(18)26/h1-6,8-14,17H,7,15-16H2,(H,25,27). The van der Waals surface area contributed by atoms with Crippen LogP contribution in [-0.2, 0) is 6.54 Å². The van der Waals surface area contributed by atoms with Crippen LogP contribution in [0.1, 0.15) is 16.8 Å². The van der Waals surface area contributed by atoms with Crippen molar-refractivity contribution in [3.05, 3.63) is 90.8 Å². The van der Waals surface area contributed by atoms with Gasteiger partial charge in [-0.3, -0.25) is 4.79 Å². The molecule has 0 bridgehead atoms. The van der Waals surface area contributed by atoms with E-state index in [1.165, 1.54) is 0 Å². The summed E-state index contributed by atoms with van der Waals surface area (Å²) in [6, 6.07) is 22.8. The predicted octanol–water partition coefficient (Wildman–Crippen LogP) is 4.65. The smallest absolute Gasteiger partial charge is 0.255 e. The summed E-state index contributed by atoms with van der Waals surface area (Å²) in [5.41, 5.74) is 1.50. The Morgan fingerprint density at radius 1 is 0.964 bits per heavy atom. The number of hydrogen-bond acceptors (Lipinski definition) is 3. The third-order valence-electron chi connectivity index (χ3n) is 4.49. The number of fused-ring (bicyclic) bond motifs is 1. The van der Waals surface area contributed by atoms with Crippen molar-refractivity contribution in [2.75, 3.05) is 6.54 Å². The molecule has 0 radical (unpaired) electrons. The Balaban J connectivity index is 1.35. The molecule has 2 aromatic carbocycles. The highest BCUT2D eigenvalue weighted by atomic mass is 16.5. The first-order chi connectivity index (χ1) is 13.8. The molecule has 140 valence electrons. The van der Waals surface area contributed by atoms with E-state index in [1.54, 1.807) is 18.3 Å². The molecular weight excluding hydrogens is 350 g/mol. The van der Waals surface area contributed by atoms with Gasteiger partial charge in [-0.25, -0.2) is 4.98 Å². The van der Waals surface area contributed by atoms with Crippen molar-refractivity contribution in [2.24, 2.45) is 0 Å². The van der Waals surface area contributed by atoms with Crippen LogP contribution < -0.4 is 10.1 Å². The fourth-order valence-electron chi connectivity index (χ4n) is 3.11. The van der Waals surface area contributed by atoms with E-state index in [9.17, 15) is 4.79 Å². The van der Waals surface area contributed by atoms with E-state index in [0.717, 1.165) is 24.0 Å². The largest absolute Gasteiger partial charge is 0.457 e. The van der Waals surface area contributed by atoms with Gasteiger partial charge in [0.2, 0.25) is 0 Å². The number of benzene rings is 2. The zero-order valence-corrected chi connectivity index (χ0v) is 15.4. The van der Waals surface area contributed by atoms with Crippen molar-refractivity contribution >= 4 is 16.9 Å². The number of carbonyl (C=O) groups is 1. The third-order valence-corrected chi connectivity index (χ3v) is 4.49. The van der Waals surface area contributed by atoms with Crippen molar-refractivity contribution in [3.63, 3.8) is 0 Å². The Bertz CT molecular complexity index is 1070. The second kappa shape index (κ2) is 8.39. The quantitative estimate of drug-likeness (QED) is 0.481. The number of hydrogen-bond donors (Lipinski definition) is 1. The molecule has 0 aliphatic rings. The second-order valence-electron chi connectivity index (χ2n) is 6.45. The highest BCUT2D eigenvalue weighted by Gasteiger charge is 2.12. The molecule has 0 aliphatic carbocycles. The molecule has 1 N–H and O–H groups in total. The minimum absolute atomic E-state index is 0.137. The van der Waals surface area contributed by atoms with Crippen LogP contribution in [0, 0.1) is 0 Å². The van der Waals surface area contributed by atoms with Crippen LogP contribution in [0.5, 0.6) is 11.5 Å². The summed E-state index contributed by atoms with van der Waals surface area (Å²) in [5.74, 6) is 1.11. The molecule has 1 amide bonds. The number of rotatable bonds is 7. The Labute approximate surface area is 163 Å². The van der Waals surface area contributed by atoms with Gasteiger partial charge in [0.15, 0.2) is 0 Å². The maximum Gasteiger partial charge on any atom is 0.255 e. The monoisotopic (exact) mass is 371 g/mol. The van der Waals surface area contributed by atoms with Gasteiger partial charge in [0.05, 0.1) is 5.56 Å². The Morgan fingerprint density at radius 3 is 2.68 bits per heavy atom. The van der Waals surface area contributed by atoms with E-state index in [1.807, 2.05) is 60.8 Å². The molecule has 0 unspecified atom stereocenters. The molecule has 0 saturated carbocycles. The molecule has 2 aromatic heterocycles. The van der Waals surface area contributed by atoms with Gasteiger partial charge in [0.25, 0.3) is 5.91 Å². The summed E-state index contributed by atoms with van der Waals surface area (Å²) in [6.45, 7) is 1.37. The van der Waals surface area contributed by atoms with Gasteiger partial charge >= 0.3 is 0 Å². The molecule has 0 aliphatic heterocycles. The maximum absolute atomic E-state index is 12.6. The van der Waals surface area contributed by atoms with Gasteiger partial charge < -0.3 is 14.6 Å². The average Bonchev–Trinajstić information content (AvgIpc) is 3.15. The number of nitrogens with zero attached hydrogens (tertiary/aromatic N) is 2. The van der Waals surface area contributed by atoms with Crippen molar-refractivity contribution in [2.45, 2.75) is 13.0 Å². The van der Waals surface area contributed by atoms with Gasteiger partial charge in [0, 0.05) is 30.9 Å². The summed E-state index contributed by atoms with van der Waals surface area (Å²) in [5, 5.41) is 4.11. The number of carbonyl (C=O) groups excluding carboxylic acids is 1. The topological polar surface area (TPSA) is 56.2 Å². The average molecular weight is 371 g/mol. The zero-order chi connectivity index (χ0) is 19.2. The normalized spacial score (nSPS) is 10.7. The van der Waals surface area contributed by atoms with E-state index >= 15 is 0 Å². The van der Waals surface area contributed by atoms with Crippen LogP contribution in [0.2, 0.25) is 0 Å². The molecule has 0 fully saturated rings. The summed E-state index contributed by atoms with van der Waals surface area (Å²) >= 11 is 0. The number of aromatic nitrogens is 2. The van der Waals surface area contributed by atoms with Crippen LogP contribution in [0.15, 0.2) is 85.2 Å². The van der Waals surface area contributed by atoms with E-state index in [-0.39, 0.29) is 5.91 Å². The molecule has 5 nitrogen and oxygen atoms in total. The Kier molecular flexibility index (Phi) is 5.33. The van der Waals surface area contributed by atoms with Crippen molar-refractivity contribution < 1.29 is 9.53 Å². The van der Waals surface area contributed by atoms with Crippen LogP contribution in [0.4, 0.5) is 0 Å². The molecule has 0 spiro atoms. The van der Waals surface area contributed by atoms with E-state index in [2.05, 4.69) is 20.9 Å².